The quantitative estimate of drug-likeness (QED) is 0.651. The summed E-state index contributed by atoms with van der Waals surface area (Å²) < 4.78 is 10.8. The van der Waals surface area contributed by atoms with Gasteiger partial charge in [-0.15, -0.1) is 0 Å². The number of anilines is 2. The number of allylic oxidation sites excluding steroid dienone is 4. The van der Waals surface area contributed by atoms with Crippen LogP contribution in [0.3, 0.4) is 0 Å². The molecule has 1 heterocycles. The Bertz CT molecular complexity index is 1240. The lowest BCUT2D eigenvalue weighted by Crippen LogP contribution is -2.10. The molecule has 0 saturated heterocycles. The summed E-state index contributed by atoms with van der Waals surface area (Å²) in [7, 11) is 3.12. The summed E-state index contributed by atoms with van der Waals surface area (Å²) in [6, 6.07) is 9.18. The van der Waals surface area contributed by atoms with Crippen LogP contribution in [0.2, 0.25) is 0 Å². The molecular weight excluding hydrogens is 382 g/mol. The van der Waals surface area contributed by atoms with E-state index in [2.05, 4.69) is 15.3 Å². The molecule has 0 amide bonds. The van der Waals surface area contributed by atoms with E-state index in [9.17, 15) is 9.59 Å². The van der Waals surface area contributed by atoms with Crippen LogP contribution in [0.5, 0.6) is 11.5 Å². The Morgan fingerprint density at radius 3 is 2.50 bits per heavy atom. The van der Waals surface area contributed by atoms with E-state index in [1.54, 1.807) is 26.4 Å². The van der Waals surface area contributed by atoms with E-state index in [1.807, 2.05) is 25.1 Å². The van der Waals surface area contributed by atoms with Gasteiger partial charge in [0, 0.05) is 28.3 Å². The van der Waals surface area contributed by atoms with Gasteiger partial charge in [0.15, 0.2) is 23.1 Å². The van der Waals surface area contributed by atoms with Crippen molar-refractivity contribution >= 4 is 39.5 Å². The highest BCUT2D eigenvalue weighted by atomic mass is 16.5. The van der Waals surface area contributed by atoms with Gasteiger partial charge in [-0.25, -0.2) is 9.97 Å². The minimum absolute atomic E-state index is 0.217. The Kier molecular flexibility index (Phi) is 5.02. The molecule has 1 aliphatic rings. The van der Waals surface area contributed by atoms with E-state index < -0.39 is 0 Å². The second kappa shape index (κ2) is 7.79. The molecule has 4 rings (SSSR count). The predicted octanol–water partition coefficient (Wildman–Crippen LogP) is 3.79. The number of fused-ring (bicyclic) bond motifs is 1. The number of aryl methyl sites for hydroxylation is 1. The van der Waals surface area contributed by atoms with Crippen molar-refractivity contribution in [1.29, 1.82) is 0 Å². The second-order valence-corrected chi connectivity index (χ2v) is 6.73. The number of methoxy groups -OCH3 is 2. The van der Waals surface area contributed by atoms with Crippen molar-refractivity contribution < 1.29 is 19.1 Å². The van der Waals surface area contributed by atoms with Crippen LogP contribution in [-0.4, -0.2) is 35.8 Å². The predicted molar refractivity (Wildman–Crippen MR) is 114 cm³/mol. The third-order valence-electron chi connectivity index (χ3n) is 4.89. The summed E-state index contributed by atoms with van der Waals surface area (Å²) in [4.78, 5) is 33.1. The summed E-state index contributed by atoms with van der Waals surface area (Å²) >= 11 is 0. The Hall–Kier alpha value is -4.00. The molecule has 0 unspecified atom stereocenters. The van der Waals surface area contributed by atoms with Gasteiger partial charge in [0.2, 0.25) is 0 Å². The molecule has 0 bridgehead atoms. The molecule has 150 valence electrons. The SMILES string of the molecule is COc1cc2ncnc(Nc3cccc(C)c3C3=CC(=O)C=CC3=O)c2cc1OC. The van der Waals surface area contributed by atoms with Crippen molar-refractivity contribution in [2.75, 3.05) is 19.5 Å². The van der Waals surface area contributed by atoms with Crippen LogP contribution in [0.25, 0.3) is 16.5 Å². The zero-order valence-corrected chi connectivity index (χ0v) is 16.7. The summed E-state index contributed by atoms with van der Waals surface area (Å²) in [5.74, 6) is 1.22. The number of carbonyl (C=O) groups excluding carboxylic acids is 2. The van der Waals surface area contributed by atoms with Crippen molar-refractivity contribution in [3.63, 3.8) is 0 Å². The van der Waals surface area contributed by atoms with Gasteiger partial charge in [-0.05, 0) is 42.8 Å². The molecule has 2 aromatic carbocycles. The van der Waals surface area contributed by atoms with Crippen molar-refractivity contribution in [2.45, 2.75) is 6.92 Å². The van der Waals surface area contributed by atoms with Gasteiger partial charge < -0.3 is 14.8 Å². The zero-order valence-electron chi connectivity index (χ0n) is 16.7. The van der Waals surface area contributed by atoms with Crippen molar-refractivity contribution in [3.8, 4) is 11.5 Å². The first-order valence-corrected chi connectivity index (χ1v) is 9.23. The molecule has 1 aromatic heterocycles. The molecule has 0 spiro atoms. The number of ketones is 2. The topological polar surface area (TPSA) is 90.4 Å². The first-order valence-electron chi connectivity index (χ1n) is 9.23. The third-order valence-corrected chi connectivity index (χ3v) is 4.89. The highest BCUT2D eigenvalue weighted by Gasteiger charge is 2.21. The number of hydrogen-bond donors (Lipinski definition) is 1. The Morgan fingerprint density at radius 1 is 0.967 bits per heavy atom. The maximum Gasteiger partial charge on any atom is 0.186 e. The number of nitrogens with one attached hydrogen (secondary N) is 1. The van der Waals surface area contributed by atoms with E-state index in [4.69, 9.17) is 9.47 Å². The van der Waals surface area contributed by atoms with Crippen LogP contribution in [-0.2, 0) is 9.59 Å². The van der Waals surface area contributed by atoms with Gasteiger partial charge >= 0.3 is 0 Å². The number of ether oxygens (including phenoxy) is 2. The number of nitrogens with zero attached hydrogens (tertiary/aromatic N) is 2. The Balaban J connectivity index is 1.85. The van der Waals surface area contributed by atoms with Gasteiger partial charge in [-0.1, -0.05) is 12.1 Å². The summed E-state index contributed by atoms with van der Waals surface area (Å²) in [6.07, 6.45) is 5.38. The normalized spacial score (nSPS) is 13.4. The van der Waals surface area contributed by atoms with E-state index in [-0.39, 0.29) is 11.6 Å². The molecule has 30 heavy (non-hydrogen) atoms. The average Bonchev–Trinajstić information content (AvgIpc) is 2.75. The zero-order chi connectivity index (χ0) is 21.3. The number of rotatable bonds is 5. The van der Waals surface area contributed by atoms with Crippen molar-refractivity contribution in [3.05, 3.63) is 66.0 Å². The average molecular weight is 401 g/mol. The van der Waals surface area contributed by atoms with Crippen LogP contribution >= 0.6 is 0 Å². The number of benzene rings is 2. The van der Waals surface area contributed by atoms with Gasteiger partial charge in [0.05, 0.1) is 19.7 Å². The Morgan fingerprint density at radius 2 is 1.73 bits per heavy atom. The van der Waals surface area contributed by atoms with Crippen molar-refractivity contribution in [2.24, 2.45) is 0 Å². The lowest BCUT2D eigenvalue weighted by Gasteiger charge is -2.18. The molecule has 3 aromatic rings. The van der Waals surface area contributed by atoms with Crippen LogP contribution in [0, 0.1) is 6.92 Å². The molecule has 1 N–H and O–H groups in total. The number of aromatic nitrogens is 2. The molecule has 0 atom stereocenters. The fraction of sp³-hybridized carbons (Fsp3) is 0.130. The largest absolute Gasteiger partial charge is 0.493 e. The van der Waals surface area contributed by atoms with E-state index in [0.29, 0.717) is 39.7 Å². The fourth-order valence-corrected chi connectivity index (χ4v) is 3.44. The van der Waals surface area contributed by atoms with Gasteiger partial charge in [-0.2, -0.15) is 0 Å². The molecule has 0 radical (unpaired) electrons. The molecule has 7 nitrogen and oxygen atoms in total. The van der Waals surface area contributed by atoms with Gasteiger partial charge in [0.25, 0.3) is 0 Å². The lowest BCUT2D eigenvalue weighted by molar-refractivity contribution is -0.113. The standard InChI is InChI=1S/C23H19N3O4/c1-13-5-4-6-17(22(13)16-9-14(27)7-8-19(16)28)26-23-15-10-20(29-2)21(30-3)11-18(15)24-12-25-23/h4-12H,1-3H3,(H,24,25,26). The minimum atomic E-state index is -0.219. The molecule has 0 saturated carbocycles. The highest BCUT2D eigenvalue weighted by molar-refractivity contribution is 6.35. The number of hydrogen-bond acceptors (Lipinski definition) is 7. The monoisotopic (exact) mass is 401 g/mol. The summed E-state index contributed by atoms with van der Waals surface area (Å²) in [5, 5.41) is 4.03. The molecular formula is C23H19N3O4. The first-order chi connectivity index (χ1) is 14.5. The molecule has 1 aliphatic carbocycles. The van der Waals surface area contributed by atoms with Crippen molar-refractivity contribution in [1.82, 2.24) is 9.97 Å². The van der Waals surface area contributed by atoms with Crippen LogP contribution < -0.4 is 14.8 Å². The van der Waals surface area contributed by atoms with E-state index >= 15 is 0 Å². The Labute approximate surface area is 173 Å². The second-order valence-electron chi connectivity index (χ2n) is 6.73. The summed E-state index contributed by atoms with van der Waals surface area (Å²) in [5.41, 5.74) is 3.20. The van der Waals surface area contributed by atoms with Crippen LogP contribution in [0.15, 0.2) is 54.9 Å². The number of carbonyl (C=O) groups is 2. The van der Waals surface area contributed by atoms with Gasteiger partial charge in [-0.3, -0.25) is 9.59 Å². The fourth-order valence-electron chi connectivity index (χ4n) is 3.44. The third kappa shape index (κ3) is 3.41. The first kappa shape index (κ1) is 19.3. The molecule has 0 aliphatic heterocycles. The van der Waals surface area contributed by atoms with Crippen LogP contribution in [0.1, 0.15) is 11.1 Å². The minimum Gasteiger partial charge on any atom is -0.493 e. The van der Waals surface area contributed by atoms with E-state index in [0.717, 1.165) is 10.9 Å². The molecule has 0 fully saturated rings. The molecule has 7 heteroatoms. The maximum absolute atomic E-state index is 12.5. The summed E-state index contributed by atoms with van der Waals surface area (Å²) in [6.45, 7) is 1.89. The highest BCUT2D eigenvalue weighted by Crippen LogP contribution is 2.36. The van der Waals surface area contributed by atoms with Crippen LogP contribution in [0.4, 0.5) is 11.5 Å². The maximum atomic E-state index is 12.5. The van der Waals surface area contributed by atoms with Gasteiger partial charge in [0.1, 0.15) is 12.1 Å². The smallest absolute Gasteiger partial charge is 0.186 e. The van der Waals surface area contributed by atoms with E-state index in [1.165, 1.54) is 24.6 Å². The lowest BCUT2D eigenvalue weighted by atomic mass is 9.91.